The molecule has 1 aliphatic rings. The van der Waals surface area contributed by atoms with Crippen LogP contribution in [0.15, 0.2) is 18.2 Å². The lowest BCUT2D eigenvalue weighted by molar-refractivity contribution is -0.140. The molecule has 108 valence electrons. The Bertz CT molecular complexity index is 565. The Morgan fingerprint density at radius 3 is 2.65 bits per heavy atom. The molecule has 1 aromatic carbocycles. The van der Waals surface area contributed by atoms with Gasteiger partial charge < -0.3 is 15.7 Å². The Hall–Kier alpha value is -1.30. The van der Waals surface area contributed by atoms with Crippen molar-refractivity contribution in [2.75, 3.05) is 13.1 Å². The highest BCUT2D eigenvalue weighted by atomic mass is 35.5. The van der Waals surface area contributed by atoms with Crippen LogP contribution in [0.4, 0.5) is 0 Å². The van der Waals surface area contributed by atoms with Gasteiger partial charge in [-0.3, -0.25) is 9.59 Å². The molecule has 7 heteroatoms. The van der Waals surface area contributed by atoms with Crippen LogP contribution in [0.1, 0.15) is 23.2 Å². The van der Waals surface area contributed by atoms with E-state index in [4.69, 9.17) is 28.9 Å². The quantitative estimate of drug-likeness (QED) is 0.866. The number of piperidine rings is 1. The lowest BCUT2D eigenvalue weighted by atomic mass is 9.92. The first-order chi connectivity index (χ1) is 9.33. The van der Waals surface area contributed by atoms with E-state index in [-0.39, 0.29) is 29.5 Å². The molecule has 0 unspecified atom stereocenters. The van der Waals surface area contributed by atoms with Crippen LogP contribution in [0.25, 0.3) is 0 Å². The Kier molecular flexibility index (Phi) is 4.22. The van der Waals surface area contributed by atoms with Gasteiger partial charge in [0.2, 0.25) is 0 Å². The number of primary amides is 1. The van der Waals surface area contributed by atoms with Crippen molar-refractivity contribution in [2.24, 2.45) is 5.73 Å². The molecule has 5 nitrogen and oxygen atoms in total. The third kappa shape index (κ3) is 2.90. The van der Waals surface area contributed by atoms with Gasteiger partial charge in [0.25, 0.3) is 11.8 Å². The molecule has 1 aliphatic heterocycles. The molecule has 0 aromatic heterocycles. The van der Waals surface area contributed by atoms with Gasteiger partial charge in [0.15, 0.2) is 5.60 Å². The summed E-state index contributed by atoms with van der Waals surface area (Å²) >= 11 is 11.8. The van der Waals surface area contributed by atoms with Crippen molar-refractivity contribution in [1.29, 1.82) is 0 Å². The number of nitrogens with two attached hydrogens (primary N) is 1. The minimum Gasteiger partial charge on any atom is -0.378 e. The third-order valence-electron chi connectivity index (χ3n) is 3.38. The van der Waals surface area contributed by atoms with Gasteiger partial charge in [-0.1, -0.05) is 23.2 Å². The van der Waals surface area contributed by atoms with Crippen molar-refractivity contribution < 1.29 is 14.7 Å². The van der Waals surface area contributed by atoms with E-state index in [0.29, 0.717) is 18.0 Å². The molecule has 1 atom stereocenters. The zero-order valence-electron chi connectivity index (χ0n) is 10.6. The standard InChI is InChI=1S/C13H14Cl2N2O3/c14-8-2-3-9(10(15)6-8)11(18)17-5-1-4-13(20,7-17)12(16)19/h2-3,6,20H,1,4-5,7H2,(H2,16,19)/t13-/m1/s1. The third-order valence-corrected chi connectivity index (χ3v) is 3.93. The average molecular weight is 317 g/mol. The van der Waals surface area contributed by atoms with Crippen LogP contribution in [-0.4, -0.2) is 40.5 Å². The Morgan fingerprint density at radius 1 is 1.35 bits per heavy atom. The maximum atomic E-state index is 12.4. The first-order valence-electron chi connectivity index (χ1n) is 6.10. The van der Waals surface area contributed by atoms with Crippen LogP contribution >= 0.6 is 23.2 Å². The number of benzene rings is 1. The zero-order chi connectivity index (χ0) is 14.9. The molecule has 1 aromatic rings. The van der Waals surface area contributed by atoms with Crippen LogP contribution < -0.4 is 5.73 Å². The molecule has 0 spiro atoms. The van der Waals surface area contributed by atoms with Gasteiger partial charge in [-0.05, 0) is 31.0 Å². The summed E-state index contributed by atoms with van der Waals surface area (Å²) in [5, 5.41) is 10.8. The second-order valence-corrected chi connectivity index (χ2v) is 5.69. The van der Waals surface area contributed by atoms with Crippen LogP contribution in [0, 0.1) is 0 Å². The predicted octanol–water partition coefficient (Wildman–Crippen LogP) is 1.45. The molecule has 0 saturated carbocycles. The summed E-state index contributed by atoms with van der Waals surface area (Å²) in [6.45, 7) is 0.313. The van der Waals surface area contributed by atoms with Crippen molar-refractivity contribution >= 4 is 35.0 Å². The number of carbonyl (C=O) groups excluding carboxylic acids is 2. The van der Waals surface area contributed by atoms with Crippen LogP contribution in [0.5, 0.6) is 0 Å². The van der Waals surface area contributed by atoms with E-state index in [2.05, 4.69) is 0 Å². The number of aliphatic hydroxyl groups is 1. The summed E-state index contributed by atoms with van der Waals surface area (Å²) in [4.78, 5) is 25.0. The van der Waals surface area contributed by atoms with Gasteiger partial charge in [0, 0.05) is 11.6 Å². The van der Waals surface area contributed by atoms with Crippen molar-refractivity contribution in [3.05, 3.63) is 33.8 Å². The SMILES string of the molecule is NC(=O)[C@@]1(O)CCCN(C(=O)c2ccc(Cl)cc2Cl)C1. The molecule has 1 fully saturated rings. The lowest BCUT2D eigenvalue weighted by Gasteiger charge is -2.37. The summed E-state index contributed by atoms with van der Waals surface area (Å²) in [6, 6.07) is 4.55. The average Bonchev–Trinajstić information content (AvgIpc) is 2.38. The van der Waals surface area contributed by atoms with Gasteiger partial charge >= 0.3 is 0 Å². The topological polar surface area (TPSA) is 83.6 Å². The summed E-state index contributed by atoms with van der Waals surface area (Å²) < 4.78 is 0. The van der Waals surface area contributed by atoms with E-state index in [1.165, 1.54) is 17.0 Å². The fraction of sp³-hybridized carbons (Fsp3) is 0.385. The van der Waals surface area contributed by atoms with Crippen molar-refractivity contribution in [1.82, 2.24) is 4.90 Å². The number of nitrogens with zero attached hydrogens (tertiary/aromatic N) is 1. The van der Waals surface area contributed by atoms with E-state index in [1.54, 1.807) is 6.07 Å². The molecule has 3 N–H and O–H groups in total. The molecular weight excluding hydrogens is 303 g/mol. The first-order valence-corrected chi connectivity index (χ1v) is 6.86. The van der Waals surface area contributed by atoms with E-state index in [0.717, 1.165) is 0 Å². The molecular formula is C13H14Cl2N2O3. The van der Waals surface area contributed by atoms with E-state index < -0.39 is 11.5 Å². The van der Waals surface area contributed by atoms with Gasteiger partial charge in [-0.25, -0.2) is 0 Å². The van der Waals surface area contributed by atoms with Crippen LogP contribution in [0.2, 0.25) is 10.0 Å². The number of halogens is 2. The molecule has 2 rings (SSSR count). The van der Waals surface area contributed by atoms with E-state index in [1.807, 2.05) is 0 Å². The second-order valence-electron chi connectivity index (χ2n) is 4.85. The molecule has 1 heterocycles. The molecule has 0 radical (unpaired) electrons. The Balaban J connectivity index is 2.23. The van der Waals surface area contributed by atoms with Crippen LogP contribution in [-0.2, 0) is 4.79 Å². The highest BCUT2D eigenvalue weighted by Crippen LogP contribution is 2.26. The van der Waals surface area contributed by atoms with Crippen molar-refractivity contribution in [3.8, 4) is 0 Å². The molecule has 0 aliphatic carbocycles. The van der Waals surface area contributed by atoms with Gasteiger partial charge in [-0.15, -0.1) is 0 Å². The summed E-state index contributed by atoms with van der Waals surface area (Å²) in [6.07, 6.45) is 0.747. The second kappa shape index (κ2) is 5.60. The van der Waals surface area contributed by atoms with Gasteiger partial charge in [-0.2, -0.15) is 0 Å². The molecule has 0 bridgehead atoms. The predicted molar refractivity (Wildman–Crippen MR) is 75.7 cm³/mol. The largest absolute Gasteiger partial charge is 0.378 e. The minimum absolute atomic E-state index is 0.125. The highest BCUT2D eigenvalue weighted by molar-refractivity contribution is 6.36. The highest BCUT2D eigenvalue weighted by Gasteiger charge is 2.40. The number of β-amino-alcohol motifs (C(OH)–C–C–N with tert-alkyl or cyclic N) is 1. The Labute approximate surface area is 126 Å². The number of rotatable bonds is 2. The van der Waals surface area contributed by atoms with Crippen LogP contribution in [0.3, 0.4) is 0 Å². The first kappa shape index (κ1) is 15.1. The van der Waals surface area contributed by atoms with E-state index >= 15 is 0 Å². The van der Waals surface area contributed by atoms with Gasteiger partial charge in [0.05, 0.1) is 17.1 Å². The normalized spacial score (nSPS) is 22.6. The maximum Gasteiger partial charge on any atom is 0.255 e. The van der Waals surface area contributed by atoms with Crippen molar-refractivity contribution in [2.45, 2.75) is 18.4 Å². The summed E-state index contributed by atoms with van der Waals surface area (Å²) in [5.74, 6) is -1.18. The molecule has 2 amide bonds. The number of hydrogen-bond acceptors (Lipinski definition) is 3. The van der Waals surface area contributed by atoms with E-state index in [9.17, 15) is 14.7 Å². The summed E-state index contributed by atoms with van der Waals surface area (Å²) in [7, 11) is 0. The lowest BCUT2D eigenvalue weighted by Crippen LogP contribution is -2.57. The maximum absolute atomic E-state index is 12.4. The monoisotopic (exact) mass is 316 g/mol. The number of amides is 2. The minimum atomic E-state index is -1.67. The number of hydrogen-bond donors (Lipinski definition) is 2. The molecule has 20 heavy (non-hydrogen) atoms. The fourth-order valence-electron chi connectivity index (χ4n) is 2.24. The molecule has 1 saturated heterocycles. The number of likely N-dealkylation sites (tertiary alicyclic amines) is 1. The smallest absolute Gasteiger partial charge is 0.255 e. The zero-order valence-corrected chi connectivity index (χ0v) is 12.1. The Morgan fingerprint density at radius 2 is 2.05 bits per heavy atom. The fourth-order valence-corrected chi connectivity index (χ4v) is 2.73. The van der Waals surface area contributed by atoms with Crippen molar-refractivity contribution in [3.63, 3.8) is 0 Å². The van der Waals surface area contributed by atoms with Gasteiger partial charge in [0.1, 0.15) is 0 Å². The number of carbonyl (C=O) groups is 2. The summed E-state index contributed by atoms with van der Waals surface area (Å²) in [5.41, 5.74) is 3.79.